The second-order valence-corrected chi connectivity index (χ2v) is 4.89. The van der Waals surface area contributed by atoms with Crippen molar-refractivity contribution < 1.29 is 9.90 Å². The van der Waals surface area contributed by atoms with E-state index >= 15 is 0 Å². The third-order valence-corrected chi connectivity index (χ3v) is 3.87. The lowest BCUT2D eigenvalue weighted by Crippen LogP contribution is -2.00. The topological polar surface area (TPSA) is 55.1 Å². The molecule has 0 fully saturated rings. The zero-order valence-electron chi connectivity index (χ0n) is 9.62. The van der Waals surface area contributed by atoms with E-state index in [9.17, 15) is 9.90 Å². The Morgan fingerprint density at radius 1 is 1.39 bits per heavy atom. The molecule has 0 saturated carbocycles. The smallest absolute Gasteiger partial charge is 0.339 e. The highest BCUT2D eigenvalue weighted by Crippen LogP contribution is 2.35. The minimum absolute atomic E-state index is 0.237. The molecule has 0 bridgehead atoms. The van der Waals surface area contributed by atoms with Crippen molar-refractivity contribution >= 4 is 27.4 Å². The lowest BCUT2D eigenvalue weighted by atomic mass is 10.1. The van der Waals surface area contributed by atoms with Crippen molar-refractivity contribution in [2.45, 2.75) is 0 Å². The number of rotatable bonds is 2. The van der Waals surface area contributed by atoms with Crippen LogP contribution < -0.4 is 0 Å². The van der Waals surface area contributed by atoms with E-state index in [1.807, 2.05) is 29.6 Å². The first kappa shape index (κ1) is 11.0. The summed E-state index contributed by atoms with van der Waals surface area (Å²) in [4.78, 5) is 11.2. The van der Waals surface area contributed by atoms with Gasteiger partial charge in [0.1, 0.15) is 5.56 Å². The summed E-state index contributed by atoms with van der Waals surface area (Å²) in [7, 11) is 1.76. The van der Waals surface area contributed by atoms with Crippen LogP contribution in [0.3, 0.4) is 0 Å². The van der Waals surface area contributed by atoms with E-state index in [1.54, 1.807) is 23.1 Å². The van der Waals surface area contributed by atoms with E-state index in [4.69, 9.17) is 0 Å². The average molecular weight is 258 g/mol. The molecule has 0 aliphatic carbocycles. The molecule has 0 saturated heterocycles. The number of aryl methyl sites for hydroxylation is 1. The molecule has 0 atom stereocenters. The van der Waals surface area contributed by atoms with Crippen molar-refractivity contribution in [2.75, 3.05) is 0 Å². The molecule has 90 valence electrons. The number of nitrogens with zero attached hydrogens (tertiary/aromatic N) is 2. The van der Waals surface area contributed by atoms with Crippen molar-refractivity contribution in [2.24, 2.45) is 7.05 Å². The van der Waals surface area contributed by atoms with E-state index < -0.39 is 5.97 Å². The molecule has 4 nitrogen and oxygen atoms in total. The van der Waals surface area contributed by atoms with Gasteiger partial charge in [-0.2, -0.15) is 5.10 Å². The number of carbonyl (C=O) groups is 1. The largest absolute Gasteiger partial charge is 0.478 e. The van der Waals surface area contributed by atoms with Gasteiger partial charge in [-0.05, 0) is 6.07 Å². The van der Waals surface area contributed by atoms with Crippen LogP contribution in [0.1, 0.15) is 10.4 Å². The number of hydrogen-bond donors (Lipinski definition) is 1. The zero-order valence-corrected chi connectivity index (χ0v) is 10.4. The zero-order chi connectivity index (χ0) is 12.7. The number of aromatic carboxylic acids is 1. The van der Waals surface area contributed by atoms with Gasteiger partial charge in [-0.1, -0.05) is 18.2 Å². The summed E-state index contributed by atoms with van der Waals surface area (Å²) >= 11 is 1.61. The van der Waals surface area contributed by atoms with Crippen LogP contribution >= 0.6 is 11.3 Å². The number of carboxylic acid groups (broad SMARTS) is 1. The molecule has 5 heteroatoms. The molecule has 2 aromatic heterocycles. The Bertz CT molecular complexity index is 742. The SMILES string of the molecule is Cn1ncc(C(=O)O)c1-c1csc2ccccc12. The Hall–Kier alpha value is -2.14. The van der Waals surface area contributed by atoms with Gasteiger partial charge >= 0.3 is 5.97 Å². The fraction of sp³-hybridized carbons (Fsp3) is 0.0769. The van der Waals surface area contributed by atoms with Crippen LogP contribution in [0.5, 0.6) is 0 Å². The van der Waals surface area contributed by atoms with Crippen molar-refractivity contribution in [1.29, 1.82) is 0 Å². The summed E-state index contributed by atoms with van der Waals surface area (Å²) < 4.78 is 2.75. The molecule has 0 amide bonds. The quantitative estimate of drug-likeness (QED) is 0.768. The van der Waals surface area contributed by atoms with E-state index in [0.29, 0.717) is 5.69 Å². The first-order valence-electron chi connectivity index (χ1n) is 5.40. The van der Waals surface area contributed by atoms with Crippen LogP contribution in [0.4, 0.5) is 0 Å². The maximum absolute atomic E-state index is 11.2. The van der Waals surface area contributed by atoms with Gasteiger partial charge in [0.05, 0.1) is 11.9 Å². The predicted octanol–water partition coefficient (Wildman–Crippen LogP) is 3.00. The van der Waals surface area contributed by atoms with Crippen LogP contribution in [0.25, 0.3) is 21.3 Å². The highest BCUT2D eigenvalue weighted by atomic mass is 32.1. The van der Waals surface area contributed by atoms with Crippen molar-refractivity contribution in [1.82, 2.24) is 9.78 Å². The second kappa shape index (κ2) is 3.96. The summed E-state index contributed by atoms with van der Waals surface area (Å²) in [5, 5.41) is 16.3. The molecule has 0 aliphatic rings. The molecule has 0 radical (unpaired) electrons. The average Bonchev–Trinajstić information content (AvgIpc) is 2.92. The van der Waals surface area contributed by atoms with E-state index in [2.05, 4.69) is 5.10 Å². The number of fused-ring (bicyclic) bond motifs is 1. The Balaban J connectivity index is 2.33. The van der Waals surface area contributed by atoms with Gasteiger partial charge in [-0.25, -0.2) is 4.79 Å². The monoisotopic (exact) mass is 258 g/mol. The number of benzene rings is 1. The molecule has 0 aliphatic heterocycles. The maximum Gasteiger partial charge on any atom is 0.339 e. The number of thiophene rings is 1. The van der Waals surface area contributed by atoms with E-state index in [0.717, 1.165) is 15.6 Å². The molecule has 0 unspecified atom stereocenters. The second-order valence-electron chi connectivity index (χ2n) is 3.98. The van der Waals surface area contributed by atoms with Crippen LogP contribution in [-0.4, -0.2) is 20.9 Å². The fourth-order valence-corrected chi connectivity index (χ4v) is 3.02. The van der Waals surface area contributed by atoms with E-state index in [-0.39, 0.29) is 5.56 Å². The normalized spacial score (nSPS) is 10.9. The van der Waals surface area contributed by atoms with Gasteiger partial charge in [0.15, 0.2) is 0 Å². The Labute approximate surface area is 107 Å². The lowest BCUT2D eigenvalue weighted by molar-refractivity contribution is 0.0697. The molecule has 3 aromatic rings. The van der Waals surface area contributed by atoms with Crippen LogP contribution in [0.2, 0.25) is 0 Å². The minimum atomic E-state index is -0.951. The number of carboxylic acids is 1. The summed E-state index contributed by atoms with van der Waals surface area (Å²) in [6.45, 7) is 0. The number of aromatic nitrogens is 2. The molecule has 18 heavy (non-hydrogen) atoms. The van der Waals surface area contributed by atoms with Crippen molar-refractivity contribution in [3.63, 3.8) is 0 Å². The molecule has 0 spiro atoms. The maximum atomic E-state index is 11.2. The van der Waals surface area contributed by atoms with Gasteiger partial charge in [0, 0.05) is 28.1 Å². The molecule has 3 rings (SSSR count). The van der Waals surface area contributed by atoms with E-state index in [1.165, 1.54) is 6.20 Å². The fourth-order valence-electron chi connectivity index (χ4n) is 2.07. The van der Waals surface area contributed by atoms with Crippen molar-refractivity contribution in [3.05, 3.63) is 41.4 Å². The molecule has 2 heterocycles. The first-order valence-corrected chi connectivity index (χ1v) is 6.28. The summed E-state index contributed by atoms with van der Waals surface area (Å²) in [5.74, 6) is -0.951. The molecular weight excluding hydrogens is 248 g/mol. The molecule has 1 N–H and O–H groups in total. The summed E-state index contributed by atoms with van der Waals surface area (Å²) in [5.41, 5.74) is 1.81. The Morgan fingerprint density at radius 3 is 2.94 bits per heavy atom. The standard InChI is InChI=1S/C13H10N2O2S/c1-15-12(9(6-14-15)13(16)17)10-7-18-11-5-3-2-4-8(10)11/h2-7H,1H3,(H,16,17). The highest BCUT2D eigenvalue weighted by Gasteiger charge is 2.19. The third kappa shape index (κ3) is 1.52. The first-order chi connectivity index (χ1) is 8.68. The van der Waals surface area contributed by atoms with Gasteiger partial charge in [-0.3, -0.25) is 4.68 Å². The molecular formula is C13H10N2O2S. The number of hydrogen-bond acceptors (Lipinski definition) is 3. The van der Waals surface area contributed by atoms with Crippen LogP contribution in [0, 0.1) is 0 Å². The minimum Gasteiger partial charge on any atom is -0.478 e. The highest BCUT2D eigenvalue weighted by molar-refractivity contribution is 7.17. The van der Waals surface area contributed by atoms with Crippen molar-refractivity contribution in [3.8, 4) is 11.3 Å². The third-order valence-electron chi connectivity index (χ3n) is 2.91. The predicted molar refractivity (Wildman–Crippen MR) is 71.0 cm³/mol. The summed E-state index contributed by atoms with van der Waals surface area (Å²) in [6.07, 6.45) is 1.39. The van der Waals surface area contributed by atoms with Gasteiger partial charge in [-0.15, -0.1) is 11.3 Å². The Morgan fingerprint density at radius 2 is 2.17 bits per heavy atom. The molecule has 1 aromatic carbocycles. The van der Waals surface area contributed by atoms with Crippen LogP contribution in [0.15, 0.2) is 35.8 Å². The lowest BCUT2D eigenvalue weighted by Gasteiger charge is -2.02. The summed E-state index contributed by atoms with van der Waals surface area (Å²) in [6, 6.07) is 7.96. The van der Waals surface area contributed by atoms with Gasteiger partial charge in [0.25, 0.3) is 0 Å². The Kier molecular flexibility index (Phi) is 2.41. The van der Waals surface area contributed by atoms with Crippen LogP contribution in [-0.2, 0) is 7.05 Å². The van der Waals surface area contributed by atoms with Gasteiger partial charge < -0.3 is 5.11 Å². The van der Waals surface area contributed by atoms with Gasteiger partial charge in [0.2, 0.25) is 0 Å².